The summed E-state index contributed by atoms with van der Waals surface area (Å²) in [5.74, 6) is 1.32. The van der Waals surface area contributed by atoms with E-state index in [0.717, 1.165) is 37.9 Å². The van der Waals surface area contributed by atoms with Crippen LogP contribution in [-0.4, -0.2) is 23.3 Å². The molecule has 0 saturated carbocycles. The summed E-state index contributed by atoms with van der Waals surface area (Å²) in [6.45, 7) is 6.29. The smallest absolute Gasteiger partial charge is 0.247 e. The van der Waals surface area contributed by atoms with Crippen LogP contribution >= 0.6 is 0 Å². The van der Waals surface area contributed by atoms with Gasteiger partial charge >= 0.3 is 0 Å². The van der Waals surface area contributed by atoms with Crippen molar-refractivity contribution in [2.24, 2.45) is 0 Å². The molecule has 0 saturated heterocycles. The number of nitrogens with one attached hydrogen (secondary N) is 1. The topological polar surface area (TPSA) is 51.0 Å². The second kappa shape index (κ2) is 7.04. The molecule has 2 aromatic rings. The van der Waals surface area contributed by atoms with Crippen LogP contribution < -0.4 is 5.32 Å². The summed E-state index contributed by atoms with van der Waals surface area (Å²) in [6, 6.07) is 8.12. The molecule has 0 amide bonds. The zero-order valence-electron chi connectivity index (χ0n) is 11.6. The number of hydrogen-bond donors (Lipinski definition) is 1. The molecule has 0 radical (unpaired) electrons. The molecule has 0 bridgehead atoms. The summed E-state index contributed by atoms with van der Waals surface area (Å²) in [5.41, 5.74) is 2.21. The van der Waals surface area contributed by atoms with E-state index in [4.69, 9.17) is 4.42 Å². The van der Waals surface area contributed by atoms with Gasteiger partial charge in [-0.25, -0.2) is 0 Å². The van der Waals surface area contributed by atoms with Gasteiger partial charge in [0.05, 0.1) is 0 Å². The van der Waals surface area contributed by atoms with Gasteiger partial charge in [0, 0.05) is 12.0 Å². The average molecular weight is 259 g/mol. The summed E-state index contributed by atoms with van der Waals surface area (Å²) in [7, 11) is 0. The van der Waals surface area contributed by atoms with Gasteiger partial charge in [0.2, 0.25) is 11.8 Å². The Bertz CT molecular complexity index is 490. The Morgan fingerprint density at radius 2 is 1.89 bits per heavy atom. The number of benzene rings is 1. The SMILES string of the molecule is CCCNCCCc1nnc(-c2ccc(C)cc2)o1. The molecule has 4 nitrogen and oxygen atoms in total. The van der Waals surface area contributed by atoms with Crippen molar-refractivity contribution < 1.29 is 4.42 Å². The Kier molecular flexibility index (Phi) is 5.10. The molecule has 2 rings (SSSR count). The molecule has 102 valence electrons. The molecule has 1 N–H and O–H groups in total. The van der Waals surface area contributed by atoms with Gasteiger partial charge in [0.25, 0.3) is 0 Å². The van der Waals surface area contributed by atoms with Crippen molar-refractivity contribution in [3.05, 3.63) is 35.7 Å². The molecule has 1 aromatic carbocycles. The zero-order chi connectivity index (χ0) is 13.5. The number of aryl methyl sites for hydroxylation is 2. The fourth-order valence-electron chi connectivity index (χ4n) is 1.83. The number of rotatable bonds is 7. The lowest BCUT2D eigenvalue weighted by Gasteiger charge is -1.99. The highest BCUT2D eigenvalue weighted by Gasteiger charge is 2.07. The predicted molar refractivity (Wildman–Crippen MR) is 76.0 cm³/mol. The van der Waals surface area contributed by atoms with Crippen molar-refractivity contribution in [2.45, 2.75) is 33.1 Å². The van der Waals surface area contributed by atoms with Crippen LogP contribution in [0.2, 0.25) is 0 Å². The Morgan fingerprint density at radius 3 is 2.63 bits per heavy atom. The predicted octanol–water partition coefficient (Wildman–Crippen LogP) is 2.98. The molecule has 0 spiro atoms. The summed E-state index contributed by atoms with van der Waals surface area (Å²) >= 11 is 0. The van der Waals surface area contributed by atoms with Gasteiger partial charge in [-0.2, -0.15) is 0 Å². The lowest BCUT2D eigenvalue weighted by molar-refractivity contribution is 0.491. The third-order valence-corrected chi connectivity index (χ3v) is 2.94. The Labute approximate surface area is 114 Å². The summed E-state index contributed by atoms with van der Waals surface area (Å²) in [6.07, 6.45) is 3.02. The van der Waals surface area contributed by atoms with Gasteiger partial charge in [-0.05, 0) is 45.0 Å². The first-order chi connectivity index (χ1) is 9.29. The van der Waals surface area contributed by atoms with Gasteiger partial charge in [0.1, 0.15) is 0 Å². The van der Waals surface area contributed by atoms with Crippen LogP contribution in [0.25, 0.3) is 11.5 Å². The minimum atomic E-state index is 0.608. The van der Waals surface area contributed by atoms with E-state index in [1.54, 1.807) is 0 Å². The molecule has 0 fully saturated rings. The number of aromatic nitrogens is 2. The lowest BCUT2D eigenvalue weighted by Crippen LogP contribution is -2.16. The molecule has 4 heteroatoms. The lowest BCUT2D eigenvalue weighted by atomic mass is 10.1. The first-order valence-electron chi connectivity index (χ1n) is 6.89. The molecule has 19 heavy (non-hydrogen) atoms. The molecular formula is C15H21N3O. The van der Waals surface area contributed by atoms with Gasteiger partial charge in [-0.1, -0.05) is 24.6 Å². The molecule has 1 aromatic heterocycles. The van der Waals surface area contributed by atoms with Crippen LogP contribution in [0.4, 0.5) is 0 Å². The third kappa shape index (κ3) is 4.17. The standard InChI is InChI=1S/C15H21N3O/c1-3-10-16-11-4-5-14-17-18-15(19-14)13-8-6-12(2)7-9-13/h6-9,16H,3-5,10-11H2,1-2H3. The fraction of sp³-hybridized carbons (Fsp3) is 0.467. The maximum atomic E-state index is 5.67. The van der Waals surface area contributed by atoms with Crippen LogP contribution in [0.1, 0.15) is 31.2 Å². The minimum Gasteiger partial charge on any atom is -0.421 e. The largest absolute Gasteiger partial charge is 0.421 e. The van der Waals surface area contributed by atoms with E-state index in [9.17, 15) is 0 Å². The van der Waals surface area contributed by atoms with Crippen molar-refractivity contribution in [1.29, 1.82) is 0 Å². The molecule has 0 aliphatic rings. The van der Waals surface area contributed by atoms with Gasteiger partial charge in [-0.15, -0.1) is 10.2 Å². The van der Waals surface area contributed by atoms with E-state index in [2.05, 4.69) is 29.4 Å². The highest BCUT2D eigenvalue weighted by molar-refractivity contribution is 5.52. The maximum absolute atomic E-state index is 5.67. The van der Waals surface area contributed by atoms with Crippen molar-refractivity contribution >= 4 is 0 Å². The Balaban J connectivity index is 1.86. The molecule has 1 heterocycles. The van der Waals surface area contributed by atoms with Crippen LogP contribution in [0.3, 0.4) is 0 Å². The molecule has 0 aliphatic carbocycles. The van der Waals surface area contributed by atoms with Crippen LogP contribution in [0, 0.1) is 6.92 Å². The highest BCUT2D eigenvalue weighted by atomic mass is 16.4. The van der Waals surface area contributed by atoms with Crippen molar-refractivity contribution in [2.75, 3.05) is 13.1 Å². The average Bonchev–Trinajstić information content (AvgIpc) is 2.88. The first-order valence-corrected chi connectivity index (χ1v) is 6.89. The van der Waals surface area contributed by atoms with E-state index < -0.39 is 0 Å². The summed E-state index contributed by atoms with van der Waals surface area (Å²) in [5, 5.41) is 11.5. The zero-order valence-corrected chi connectivity index (χ0v) is 11.6. The van der Waals surface area contributed by atoms with E-state index in [1.165, 1.54) is 5.56 Å². The van der Waals surface area contributed by atoms with Crippen LogP contribution in [-0.2, 0) is 6.42 Å². The normalized spacial score (nSPS) is 10.8. The fourth-order valence-corrected chi connectivity index (χ4v) is 1.83. The summed E-state index contributed by atoms with van der Waals surface area (Å²) in [4.78, 5) is 0. The third-order valence-electron chi connectivity index (χ3n) is 2.94. The highest BCUT2D eigenvalue weighted by Crippen LogP contribution is 2.18. The first kappa shape index (κ1) is 13.7. The van der Waals surface area contributed by atoms with Gasteiger partial charge < -0.3 is 9.73 Å². The minimum absolute atomic E-state index is 0.608. The van der Waals surface area contributed by atoms with Crippen LogP contribution in [0.5, 0.6) is 0 Å². The number of hydrogen-bond acceptors (Lipinski definition) is 4. The molecule has 0 unspecified atom stereocenters. The van der Waals surface area contributed by atoms with Crippen molar-refractivity contribution in [3.8, 4) is 11.5 Å². The van der Waals surface area contributed by atoms with Crippen molar-refractivity contribution in [1.82, 2.24) is 15.5 Å². The van der Waals surface area contributed by atoms with E-state index >= 15 is 0 Å². The van der Waals surface area contributed by atoms with Gasteiger partial charge in [-0.3, -0.25) is 0 Å². The second-order valence-corrected chi connectivity index (χ2v) is 4.72. The molecule has 0 atom stereocenters. The van der Waals surface area contributed by atoms with Crippen LogP contribution in [0.15, 0.2) is 28.7 Å². The Hall–Kier alpha value is -1.68. The molecule has 0 aliphatic heterocycles. The molecular weight excluding hydrogens is 238 g/mol. The van der Waals surface area contributed by atoms with Crippen molar-refractivity contribution in [3.63, 3.8) is 0 Å². The van der Waals surface area contributed by atoms with E-state index in [-0.39, 0.29) is 0 Å². The van der Waals surface area contributed by atoms with Gasteiger partial charge in [0.15, 0.2) is 0 Å². The maximum Gasteiger partial charge on any atom is 0.247 e. The second-order valence-electron chi connectivity index (χ2n) is 4.72. The quantitative estimate of drug-likeness (QED) is 0.777. The number of nitrogens with zero attached hydrogens (tertiary/aromatic N) is 2. The van der Waals surface area contributed by atoms with E-state index in [1.807, 2.05) is 24.3 Å². The summed E-state index contributed by atoms with van der Waals surface area (Å²) < 4.78 is 5.67. The Morgan fingerprint density at radius 1 is 1.11 bits per heavy atom. The monoisotopic (exact) mass is 259 g/mol. The van der Waals surface area contributed by atoms with E-state index in [0.29, 0.717) is 11.8 Å².